The van der Waals surface area contributed by atoms with Gasteiger partial charge in [0.25, 0.3) is 6.43 Å². The smallest absolute Gasteiger partial charge is 0.260 e. The normalized spacial score (nSPS) is 11.5. The van der Waals surface area contributed by atoms with E-state index in [9.17, 15) is 26.3 Å². The number of halogens is 6. The van der Waals surface area contributed by atoms with Gasteiger partial charge in [0, 0.05) is 11.6 Å². The molecule has 3 aromatic carbocycles. The molecule has 0 aromatic heterocycles. The van der Waals surface area contributed by atoms with Gasteiger partial charge in [0.2, 0.25) is 0 Å². The van der Waals surface area contributed by atoms with Gasteiger partial charge in [0.15, 0.2) is 17.4 Å². The highest BCUT2D eigenvalue weighted by Gasteiger charge is 2.14. The van der Waals surface area contributed by atoms with Crippen LogP contribution in [0.4, 0.5) is 26.3 Å². The van der Waals surface area contributed by atoms with Gasteiger partial charge in [-0.25, -0.2) is 26.3 Å². The molecule has 0 spiro atoms. The molecule has 0 saturated heterocycles. The van der Waals surface area contributed by atoms with Crippen LogP contribution in [-0.4, -0.2) is 6.43 Å². The average molecular weight is 464 g/mol. The van der Waals surface area contributed by atoms with Gasteiger partial charge < -0.3 is 4.74 Å². The predicted molar refractivity (Wildman–Crippen MR) is 115 cm³/mol. The first-order valence-corrected chi connectivity index (χ1v) is 10.4. The predicted octanol–water partition coefficient (Wildman–Crippen LogP) is 7.81. The minimum Gasteiger partial charge on any atom is -0.459 e. The van der Waals surface area contributed by atoms with Crippen LogP contribution in [0.1, 0.15) is 30.0 Å². The van der Waals surface area contributed by atoms with Crippen molar-refractivity contribution in [3.63, 3.8) is 0 Å². The molecule has 3 rings (SSSR count). The maximum Gasteiger partial charge on any atom is 0.260 e. The van der Waals surface area contributed by atoms with Gasteiger partial charge in [-0.1, -0.05) is 37.6 Å². The fourth-order valence-corrected chi connectivity index (χ4v) is 3.47. The van der Waals surface area contributed by atoms with Crippen molar-refractivity contribution in [1.29, 1.82) is 0 Å². The Morgan fingerprint density at radius 3 is 2.06 bits per heavy atom. The van der Waals surface area contributed by atoms with Crippen molar-refractivity contribution >= 4 is 0 Å². The largest absolute Gasteiger partial charge is 0.459 e. The third-order valence-corrected chi connectivity index (χ3v) is 5.09. The van der Waals surface area contributed by atoms with E-state index >= 15 is 0 Å². The Hall–Kier alpha value is -3.22. The number of hydrogen-bond donors (Lipinski definition) is 0. The standard InChI is InChI=1S/C26H22F6O/c1-2-3-16-5-9-20(22(28)12-16)19-8-7-18(21(27)15-19)6-4-17-13-23(29)26(24(30)14-17)33-11-10-25(31)32/h5,7-15,25H,2-4,6H2,1H3/b11-10+. The van der Waals surface area contributed by atoms with Crippen LogP contribution in [0.25, 0.3) is 11.1 Å². The fraction of sp³-hybridized carbons (Fsp3) is 0.231. The number of hydrogen-bond acceptors (Lipinski definition) is 1. The third-order valence-electron chi connectivity index (χ3n) is 5.09. The molecule has 0 N–H and O–H groups in total. The molecule has 3 aromatic rings. The Balaban J connectivity index is 1.71. The van der Waals surface area contributed by atoms with Gasteiger partial charge in [0.1, 0.15) is 11.6 Å². The van der Waals surface area contributed by atoms with E-state index in [1.54, 1.807) is 12.1 Å². The maximum absolute atomic E-state index is 14.6. The molecule has 0 saturated carbocycles. The highest BCUT2D eigenvalue weighted by atomic mass is 19.3. The van der Waals surface area contributed by atoms with E-state index in [1.165, 1.54) is 18.2 Å². The molecule has 0 bridgehead atoms. The van der Waals surface area contributed by atoms with Crippen molar-refractivity contribution < 1.29 is 31.1 Å². The van der Waals surface area contributed by atoms with E-state index < -0.39 is 35.4 Å². The lowest BCUT2D eigenvalue weighted by molar-refractivity contribution is 0.200. The van der Waals surface area contributed by atoms with E-state index in [2.05, 4.69) is 4.74 Å². The second kappa shape index (κ2) is 11.1. The number of rotatable bonds is 9. The molecule has 0 amide bonds. The number of allylic oxidation sites excluding steroid dienone is 1. The lowest BCUT2D eigenvalue weighted by Gasteiger charge is -2.10. The van der Waals surface area contributed by atoms with E-state index in [1.807, 2.05) is 13.0 Å². The summed E-state index contributed by atoms with van der Waals surface area (Å²) in [5, 5.41) is 0. The zero-order valence-corrected chi connectivity index (χ0v) is 17.9. The minimum atomic E-state index is -2.81. The molecule has 7 heteroatoms. The summed E-state index contributed by atoms with van der Waals surface area (Å²) in [6.07, 6.45) is -0.0278. The Morgan fingerprint density at radius 2 is 1.45 bits per heavy atom. The average Bonchev–Trinajstić information content (AvgIpc) is 2.75. The van der Waals surface area contributed by atoms with Gasteiger partial charge in [0.05, 0.1) is 6.26 Å². The first-order chi connectivity index (χ1) is 15.8. The topological polar surface area (TPSA) is 9.23 Å². The zero-order chi connectivity index (χ0) is 24.0. The Morgan fingerprint density at radius 1 is 0.758 bits per heavy atom. The van der Waals surface area contributed by atoms with Gasteiger partial charge in [-0.2, -0.15) is 0 Å². The summed E-state index contributed by atoms with van der Waals surface area (Å²) in [6, 6.07) is 11.3. The van der Waals surface area contributed by atoms with E-state index in [0.29, 0.717) is 29.0 Å². The van der Waals surface area contributed by atoms with Crippen LogP contribution in [0.5, 0.6) is 5.75 Å². The van der Waals surface area contributed by atoms with Crippen LogP contribution >= 0.6 is 0 Å². The number of aryl methyl sites for hydroxylation is 3. The molecule has 1 nitrogen and oxygen atoms in total. The molecule has 0 heterocycles. The molecule has 0 aliphatic rings. The molecule has 0 aliphatic carbocycles. The molecule has 0 unspecified atom stereocenters. The lowest BCUT2D eigenvalue weighted by Crippen LogP contribution is -1.99. The second-order valence-electron chi connectivity index (χ2n) is 7.54. The summed E-state index contributed by atoms with van der Waals surface area (Å²) in [5.41, 5.74) is 2.11. The van der Waals surface area contributed by atoms with Gasteiger partial charge in [-0.05, 0) is 65.8 Å². The highest BCUT2D eigenvalue weighted by Crippen LogP contribution is 2.28. The maximum atomic E-state index is 14.6. The number of alkyl halides is 2. The van der Waals surface area contributed by atoms with Crippen molar-refractivity contribution in [2.45, 2.75) is 39.0 Å². The monoisotopic (exact) mass is 464 g/mol. The molecule has 0 radical (unpaired) electrons. The lowest BCUT2D eigenvalue weighted by atomic mass is 9.98. The molecule has 0 atom stereocenters. The number of ether oxygens (including phenoxy) is 1. The molecule has 33 heavy (non-hydrogen) atoms. The number of benzene rings is 3. The summed E-state index contributed by atoms with van der Waals surface area (Å²) in [6.45, 7) is 2.00. The van der Waals surface area contributed by atoms with Crippen LogP contribution in [0.15, 0.2) is 60.9 Å². The Kier molecular flexibility index (Phi) is 8.20. The van der Waals surface area contributed by atoms with Gasteiger partial charge >= 0.3 is 0 Å². The van der Waals surface area contributed by atoms with Crippen LogP contribution < -0.4 is 4.74 Å². The van der Waals surface area contributed by atoms with Crippen molar-refractivity contribution in [3.8, 4) is 16.9 Å². The molecule has 174 valence electrons. The Labute approximate surface area is 188 Å². The highest BCUT2D eigenvalue weighted by molar-refractivity contribution is 5.65. The SMILES string of the molecule is CCCc1ccc(-c2ccc(CCc3cc(F)c(O/C=C/C(F)F)c(F)c3)c(F)c2)c(F)c1. The molecular formula is C26H22F6O. The Bertz CT molecular complexity index is 1120. The van der Waals surface area contributed by atoms with E-state index in [4.69, 9.17) is 0 Å². The fourth-order valence-electron chi connectivity index (χ4n) is 3.47. The molecule has 0 aliphatic heterocycles. The third kappa shape index (κ3) is 6.40. The first kappa shape index (κ1) is 24.4. The first-order valence-electron chi connectivity index (χ1n) is 10.4. The van der Waals surface area contributed by atoms with Crippen molar-refractivity contribution in [2.24, 2.45) is 0 Å². The summed E-state index contributed by atoms with van der Waals surface area (Å²) in [5.74, 6) is -3.88. The second-order valence-corrected chi connectivity index (χ2v) is 7.54. The van der Waals surface area contributed by atoms with E-state index in [0.717, 1.165) is 30.5 Å². The van der Waals surface area contributed by atoms with Gasteiger partial charge in [-0.15, -0.1) is 0 Å². The summed E-state index contributed by atoms with van der Waals surface area (Å²) >= 11 is 0. The van der Waals surface area contributed by atoms with E-state index in [-0.39, 0.29) is 18.4 Å². The van der Waals surface area contributed by atoms with Crippen molar-refractivity contribution in [2.75, 3.05) is 0 Å². The van der Waals surface area contributed by atoms with Crippen molar-refractivity contribution in [1.82, 2.24) is 0 Å². The van der Waals surface area contributed by atoms with Crippen LogP contribution in [0.2, 0.25) is 0 Å². The summed E-state index contributed by atoms with van der Waals surface area (Å²) in [4.78, 5) is 0. The minimum absolute atomic E-state index is 0.122. The summed E-state index contributed by atoms with van der Waals surface area (Å²) in [7, 11) is 0. The zero-order valence-electron chi connectivity index (χ0n) is 17.9. The van der Waals surface area contributed by atoms with Crippen LogP contribution in [-0.2, 0) is 19.3 Å². The quantitative estimate of drug-likeness (QED) is 0.232. The molecular weight excluding hydrogens is 442 g/mol. The molecule has 0 fully saturated rings. The van der Waals surface area contributed by atoms with Crippen LogP contribution in [0.3, 0.4) is 0 Å². The van der Waals surface area contributed by atoms with Crippen LogP contribution in [0, 0.1) is 23.3 Å². The summed E-state index contributed by atoms with van der Waals surface area (Å²) < 4.78 is 86.0. The van der Waals surface area contributed by atoms with Gasteiger partial charge in [-0.3, -0.25) is 0 Å². The van der Waals surface area contributed by atoms with Crippen molar-refractivity contribution in [3.05, 3.63) is 101 Å².